The summed E-state index contributed by atoms with van der Waals surface area (Å²) in [6, 6.07) is 8.94. The van der Waals surface area contributed by atoms with Crippen molar-refractivity contribution in [1.82, 2.24) is 9.80 Å². The first kappa shape index (κ1) is 31.0. The zero-order chi connectivity index (χ0) is 29.5. The van der Waals surface area contributed by atoms with Crippen LogP contribution in [0.2, 0.25) is 0 Å². The number of aliphatic hydroxyl groups is 1. The Kier molecular flexibility index (Phi) is 10.4. The summed E-state index contributed by atoms with van der Waals surface area (Å²) in [6.45, 7) is 11.0. The summed E-state index contributed by atoms with van der Waals surface area (Å²) in [6.07, 6.45) is 10.2. The molecular formula is C33H46N2O6. The number of allylic oxidation sites excluding steroid dienone is 1. The van der Waals surface area contributed by atoms with Crippen LogP contribution in [0.1, 0.15) is 70.3 Å². The normalized spacial score (nSPS) is 28.0. The number of likely N-dealkylation sites (tertiary alicyclic amines) is 1. The van der Waals surface area contributed by atoms with E-state index in [1.54, 1.807) is 15.9 Å². The molecule has 3 aliphatic rings. The number of esters is 1. The van der Waals surface area contributed by atoms with Crippen LogP contribution < -0.4 is 0 Å². The van der Waals surface area contributed by atoms with Crippen LogP contribution in [0.25, 0.3) is 0 Å². The molecule has 0 aliphatic carbocycles. The number of benzene rings is 1. The van der Waals surface area contributed by atoms with Gasteiger partial charge in [0.2, 0.25) is 11.8 Å². The maximum absolute atomic E-state index is 14.5. The number of nitrogens with zero attached hydrogens (tertiary/aromatic N) is 2. The van der Waals surface area contributed by atoms with E-state index in [4.69, 9.17) is 14.6 Å². The molecule has 41 heavy (non-hydrogen) atoms. The molecule has 0 radical (unpaired) electrons. The highest BCUT2D eigenvalue weighted by Gasteiger charge is 2.78. The number of ether oxygens (including phenoxy) is 2. The van der Waals surface area contributed by atoms with E-state index in [0.717, 1.165) is 37.7 Å². The molecule has 1 spiro atoms. The fraction of sp³-hybridized carbons (Fsp3) is 0.606. The molecule has 2 bridgehead atoms. The van der Waals surface area contributed by atoms with Crippen molar-refractivity contribution in [2.75, 3.05) is 26.3 Å². The summed E-state index contributed by atoms with van der Waals surface area (Å²) in [7, 11) is 0. The molecule has 3 saturated heterocycles. The molecule has 3 heterocycles. The lowest BCUT2D eigenvalue weighted by atomic mass is 9.66. The van der Waals surface area contributed by atoms with Crippen molar-refractivity contribution in [3.8, 4) is 0 Å². The molecule has 1 aromatic carbocycles. The second-order valence-electron chi connectivity index (χ2n) is 11.8. The molecule has 1 aromatic rings. The average Bonchev–Trinajstić information content (AvgIpc) is 3.53. The number of unbranched alkanes of at least 4 members (excludes halogenated alkanes) is 5. The molecule has 2 amide bonds. The van der Waals surface area contributed by atoms with E-state index in [2.05, 4.69) is 13.2 Å². The first-order valence-corrected chi connectivity index (χ1v) is 15.2. The van der Waals surface area contributed by atoms with E-state index in [1.807, 2.05) is 43.3 Å². The van der Waals surface area contributed by atoms with Crippen LogP contribution in [0.15, 0.2) is 55.6 Å². The molecule has 8 heteroatoms. The number of aliphatic hydroxyl groups excluding tert-OH is 1. The first-order valence-electron chi connectivity index (χ1n) is 15.2. The highest BCUT2D eigenvalue weighted by atomic mass is 16.6. The van der Waals surface area contributed by atoms with Gasteiger partial charge in [-0.05, 0) is 57.4 Å². The number of carbonyl (C=O) groups excluding carboxylic acids is 3. The third-order valence-corrected chi connectivity index (χ3v) is 9.00. The molecule has 2 unspecified atom stereocenters. The van der Waals surface area contributed by atoms with Gasteiger partial charge in [-0.3, -0.25) is 14.4 Å². The third-order valence-electron chi connectivity index (χ3n) is 9.00. The summed E-state index contributed by atoms with van der Waals surface area (Å²) in [5.74, 6) is -2.28. The first-order chi connectivity index (χ1) is 19.8. The fourth-order valence-corrected chi connectivity index (χ4v) is 7.07. The Morgan fingerprint density at radius 2 is 1.85 bits per heavy atom. The van der Waals surface area contributed by atoms with Gasteiger partial charge in [0.25, 0.3) is 0 Å². The van der Waals surface area contributed by atoms with E-state index < -0.39 is 35.0 Å². The standard InChI is InChI=1S/C33H46N2O6/c1-4-6-7-15-23-40-31(39)27-26-29(37)35(21-13-8-9-14-22-36)28(33(26)19-18-32(27,3)41-33)30(38)34(20-5-2)24-25-16-11-10-12-17-25/h4-5,10-12,16-17,26-28,36H,1-2,6-9,13-15,18-24H2,3H3/t26-,27+,28?,32-,33?/m0/s1. The molecule has 8 nitrogen and oxygen atoms in total. The number of amides is 2. The van der Waals surface area contributed by atoms with Crippen LogP contribution in [0.3, 0.4) is 0 Å². The van der Waals surface area contributed by atoms with Crippen molar-refractivity contribution in [1.29, 1.82) is 0 Å². The van der Waals surface area contributed by atoms with Gasteiger partial charge in [-0.25, -0.2) is 0 Å². The SMILES string of the molecule is C=CCCCCOC(=O)[C@H]1[C@H]2C(=O)N(CCCCCCO)C(C(=O)N(CC=C)Cc3ccccc3)C23CC[C@]1(C)O3. The van der Waals surface area contributed by atoms with Crippen LogP contribution in [0.4, 0.5) is 0 Å². The predicted molar refractivity (Wildman–Crippen MR) is 157 cm³/mol. The molecule has 5 atom stereocenters. The number of rotatable bonds is 17. The van der Waals surface area contributed by atoms with Gasteiger partial charge in [-0.1, -0.05) is 55.3 Å². The van der Waals surface area contributed by atoms with Crippen molar-refractivity contribution in [2.24, 2.45) is 11.8 Å². The molecule has 224 valence electrons. The zero-order valence-electron chi connectivity index (χ0n) is 24.5. The summed E-state index contributed by atoms with van der Waals surface area (Å²) < 4.78 is 12.4. The van der Waals surface area contributed by atoms with Gasteiger partial charge in [-0.15, -0.1) is 13.2 Å². The second-order valence-corrected chi connectivity index (χ2v) is 11.8. The molecular weight excluding hydrogens is 520 g/mol. The van der Waals surface area contributed by atoms with Crippen LogP contribution in [0.5, 0.6) is 0 Å². The monoisotopic (exact) mass is 566 g/mol. The van der Waals surface area contributed by atoms with E-state index >= 15 is 0 Å². The van der Waals surface area contributed by atoms with Crippen LogP contribution in [0, 0.1) is 11.8 Å². The van der Waals surface area contributed by atoms with Gasteiger partial charge < -0.3 is 24.4 Å². The molecule has 0 saturated carbocycles. The predicted octanol–water partition coefficient (Wildman–Crippen LogP) is 4.42. The Morgan fingerprint density at radius 1 is 1.10 bits per heavy atom. The number of hydrogen-bond donors (Lipinski definition) is 1. The largest absolute Gasteiger partial charge is 0.465 e. The lowest BCUT2D eigenvalue weighted by molar-refractivity contribution is -0.160. The second kappa shape index (κ2) is 13.8. The van der Waals surface area contributed by atoms with Gasteiger partial charge in [0.1, 0.15) is 17.6 Å². The zero-order valence-corrected chi connectivity index (χ0v) is 24.5. The minimum atomic E-state index is -1.07. The lowest BCUT2D eigenvalue weighted by Gasteiger charge is -2.37. The number of fused-ring (bicyclic) bond motifs is 1. The van der Waals surface area contributed by atoms with Crippen LogP contribution in [-0.4, -0.2) is 76.2 Å². The smallest absolute Gasteiger partial charge is 0.312 e. The Balaban J connectivity index is 1.62. The average molecular weight is 567 g/mol. The Bertz CT molecular complexity index is 1090. The molecule has 1 N–H and O–H groups in total. The topological polar surface area (TPSA) is 96.4 Å². The van der Waals surface area contributed by atoms with Crippen molar-refractivity contribution < 1.29 is 29.0 Å². The van der Waals surface area contributed by atoms with Gasteiger partial charge in [0, 0.05) is 26.2 Å². The lowest BCUT2D eigenvalue weighted by Crippen LogP contribution is -2.56. The Labute approximate surface area is 244 Å². The van der Waals surface area contributed by atoms with Crippen LogP contribution in [-0.2, 0) is 30.4 Å². The summed E-state index contributed by atoms with van der Waals surface area (Å²) >= 11 is 0. The molecule has 3 aliphatic heterocycles. The van der Waals surface area contributed by atoms with Crippen molar-refractivity contribution >= 4 is 17.8 Å². The minimum absolute atomic E-state index is 0.134. The van der Waals surface area contributed by atoms with Crippen molar-refractivity contribution in [3.05, 3.63) is 61.2 Å². The third kappa shape index (κ3) is 6.28. The Hall–Kier alpha value is -2.97. The van der Waals surface area contributed by atoms with E-state index in [-0.39, 0.29) is 25.0 Å². The maximum Gasteiger partial charge on any atom is 0.312 e. The van der Waals surface area contributed by atoms with E-state index in [1.165, 1.54) is 0 Å². The highest BCUT2D eigenvalue weighted by molar-refractivity contribution is 5.98. The highest BCUT2D eigenvalue weighted by Crippen LogP contribution is 2.63. The maximum atomic E-state index is 14.5. The molecule has 4 rings (SSSR count). The van der Waals surface area contributed by atoms with Crippen molar-refractivity contribution in [3.63, 3.8) is 0 Å². The van der Waals surface area contributed by atoms with E-state index in [9.17, 15) is 14.4 Å². The quantitative estimate of drug-likeness (QED) is 0.170. The van der Waals surface area contributed by atoms with E-state index in [0.29, 0.717) is 45.3 Å². The van der Waals surface area contributed by atoms with Gasteiger partial charge in [-0.2, -0.15) is 0 Å². The van der Waals surface area contributed by atoms with Crippen molar-refractivity contribution in [2.45, 2.75) is 88.5 Å². The van der Waals surface area contributed by atoms with Gasteiger partial charge in [0.05, 0.1) is 18.1 Å². The van der Waals surface area contributed by atoms with Crippen LogP contribution >= 0.6 is 0 Å². The number of carbonyl (C=O) groups is 3. The summed E-state index contributed by atoms with van der Waals surface area (Å²) in [4.78, 5) is 45.6. The number of hydrogen-bond acceptors (Lipinski definition) is 6. The Morgan fingerprint density at radius 3 is 2.56 bits per heavy atom. The minimum Gasteiger partial charge on any atom is -0.465 e. The summed E-state index contributed by atoms with van der Waals surface area (Å²) in [5, 5.41) is 9.17. The molecule has 0 aromatic heterocycles. The van der Waals surface area contributed by atoms with Gasteiger partial charge >= 0.3 is 5.97 Å². The fourth-order valence-electron chi connectivity index (χ4n) is 7.07. The van der Waals surface area contributed by atoms with Gasteiger partial charge in [0.15, 0.2) is 0 Å². The molecule has 3 fully saturated rings. The summed E-state index contributed by atoms with van der Waals surface area (Å²) in [5.41, 5.74) is -0.943.